The van der Waals surface area contributed by atoms with Crippen molar-refractivity contribution >= 4 is 11.3 Å². The Morgan fingerprint density at radius 2 is 2.00 bits per heavy atom. The summed E-state index contributed by atoms with van der Waals surface area (Å²) in [7, 11) is 0. The molecule has 68 valence electrons. The first-order chi connectivity index (χ1) is 5.43. The van der Waals surface area contributed by atoms with Gasteiger partial charge in [0.25, 0.3) is 0 Å². The van der Waals surface area contributed by atoms with Crippen molar-refractivity contribution in [3.63, 3.8) is 0 Å². The molecule has 0 fully saturated rings. The van der Waals surface area contributed by atoms with Gasteiger partial charge in [0.1, 0.15) is 0 Å². The van der Waals surface area contributed by atoms with Crippen molar-refractivity contribution in [3.05, 3.63) is 21.9 Å². The summed E-state index contributed by atoms with van der Waals surface area (Å²) in [5.74, 6) is 0. The van der Waals surface area contributed by atoms with Gasteiger partial charge in [0.2, 0.25) is 0 Å². The van der Waals surface area contributed by atoms with Gasteiger partial charge in [-0.15, -0.1) is 0 Å². The van der Waals surface area contributed by atoms with Crippen LogP contribution in [0.3, 0.4) is 0 Å². The maximum absolute atomic E-state index is 11.9. The van der Waals surface area contributed by atoms with Crippen LogP contribution in [-0.2, 0) is 0 Å². The van der Waals surface area contributed by atoms with Crippen LogP contribution in [0.1, 0.15) is 17.2 Å². The van der Waals surface area contributed by atoms with Crippen molar-refractivity contribution in [2.24, 2.45) is 0 Å². The summed E-state index contributed by atoms with van der Waals surface area (Å²) in [6, 6.07) is 0. The average molecular weight is 196 g/mol. The summed E-state index contributed by atoms with van der Waals surface area (Å²) in [5, 5.41) is 11.7. The molecule has 0 saturated carbocycles. The normalized spacial score (nSPS) is 14.8. The van der Waals surface area contributed by atoms with E-state index in [0.717, 1.165) is 11.3 Å². The molecule has 1 rings (SSSR count). The summed E-state index contributed by atoms with van der Waals surface area (Å²) in [6.45, 7) is 1.54. The Kier molecular flexibility index (Phi) is 2.44. The van der Waals surface area contributed by atoms with E-state index in [4.69, 9.17) is 5.11 Å². The monoisotopic (exact) mass is 196 g/mol. The van der Waals surface area contributed by atoms with Crippen molar-refractivity contribution in [2.45, 2.75) is 19.2 Å². The van der Waals surface area contributed by atoms with Gasteiger partial charge in [0.05, 0.1) is 0 Å². The average Bonchev–Trinajstić information content (AvgIpc) is 2.31. The molecule has 0 spiro atoms. The maximum atomic E-state index is 11.9. The van der Waals surface area contributed by atoms with Gasteiger partial charge in [-0.3, -0.25) is 0 Å². The van der Waals surface area contributed by atoms with Crippen molar-refractivity contribution in [1.82, 2.24) is 0 Å². The third-order valence-electron chi connectivity index (χ3n) is 1.50. The molecule has 1 unspecified atom stereocenters. The fraction of sp³-hybridized carbons (Fsp3) is 0.429. The van der Waals surface area contributed by atoms with Crippen LogP contribution >= 0.6 is 11.3 Å². The number of halogens is 3. The molecule has 5 heteroatoms. The van der Waals surface area contributed by atoms with Gasteiger partial charge in [0, 0.05) is 5.56 Å². The Balaban J connectivity index is 2.92. The number of aryl methyl sites for hydroxylation is 1. The smallest absolute Gasteiger partial charge is 0.379 e. The molecule has 0 aliphatic heterocycles. The molecule has 0 aliphatic carbocycles. The summed E-state index contributed by atoms with van der Waals surface area (Å²) >= 11 is 1.15. The minimum atomic E-state index is -4.56. The van der Waals surface area contributed by atoms with Crippen LogP contribution in [0.25, 0.3) is 0 Å². The summed E-state index contributed by atoms with van der Waals surface area (Å²) in [5.41, 5.74) is 0.428. The number of alkyl halides is 3. The van der Waals surface area contributed by atoms with Crippen LogP contribution < -0.4 is 0 Å². The predicted octanol–water partition coefficient (Wildman–Crippen LogP) is 2.65. The second-order valence-electron chi connectivity index (χ2n) is 2.45. The van der Waals surface area contributed by atoms with Gasteiger partial charge in [-0.2, -0.15) is 24.5 Å². The van der Waals surface area contributed by atoms with E-state index in [2.05, 4.69) is 0 Å². The van der Waals surface area contributed by atoms with Gasteiger partial charge < -0.3 is 5.11 Å². The minimum Gasteiger partial charge on any atom is -0.379 e. The molecule has 1 nitrogen and oxygen atoms in total. The minimum absolute atomic E-state index is 0.0486. The zero-order chi connectivity index (χ0) is 9.35. The number of hydrogen-bond donors (Lipinski definition) is 1. The lowest BCUT2D eigenvalue weighted by atomic mass is 10.1. The third kappa shape index (κ3) is 1.78. The Bertz CT molecular complexity index is 266. The zero-order valence-corrected chi connectivity index (χ0v) is 7.04. The van der Waals surface area contributed by atoms with E-state index in [-0.39, 0.29) is 5.56 Å². The second-order valence-corrected chi connectivity index (χ2v) is 3.20. The van der Waals surface area contributed by atoms with E-state index in [1.165, 1.54) is 5.38 Å². The highest BCUT2D eigenvalue weighted by Gasteiger charge is 2.40. The van der Waals surface area contributed by atoms with E-state index < -0.39 is 12.3 Å². The maximum Gasteiger partial charge on any atom is 0.418 e. The molecule has 0 bridgehead atoms. The first-order valence-corrected chi connectivity index (χ1v) is 4.14. The lowest BCUT2D eigenvalue weighted by Crippen LogP contribution is -2.20. The van der Waals surface area contributed by atoms with Crippen LogP contribution in [0.15, 0.2) is 10.8 Å². The number of hydrogen-bond acceptors (Lipinski definition) is 2. The molecule has 1 heterocycles. The quantitative estimate of drug-likeness (QED) is 0.732. The predicted molar refractivity (Wildman–Crippen MR) is 40.1 cm³/mol. The molecule has 0 aromatic carbocycles. The molecule has 0 aliphatic rings. The topological polar surface area (TPSA) is 20.2 Å². The molecule has 0 radical (unpaired) electrons. The third-order valence-corrected chi connectivity index (χ3v) is 2.38. The van der Waals surface area contributed by atoms with E-state index in [9.17, 15) is 13.2 Å². The largest absolute Gasteiger partial charge is 0.418 e. The lowest BCUT2D eigenvalue weighted by molar-refractivity contribution is -0.206. The van der Waals surface area contributed by atoms with Crippen molar-refractivity contribution in [2.75, 3.05) is 0 Å². The van der Waals surface area contributed by atoms with Crippen LogP contribution in [0.5, 0.6) is 0 Å². The molecular formula is C7H7F3OS. The Labute approximate surface area is 71.5 Å². The molecule has 1 N–H and O–H groups in total. The van der Waals surface area contributed by atoms with Gasteiger partial charge in [-0.25, -0.2) is 0 Å². The molecule has 12 heavy (non-hydrogen) atoms. The highest BCUT2D eigenvalue weighted by molar-refractivity contribution is 7.08. The molecular weight excluding hydrogens is 189 g/mol. The van der Waals surface area contributed by atoms with Gasteiger partial charge in [-0.1, -0.05) is 0 Å². The number of thiophene rings is 1. The van der Waals surface area contributed by atoms with Crippen molar-refractivity contribution in [3.8, 4) is 0 Å². The van der Waals surface area contributed by atoms with E-state index in [0.29, 0.717) is 5.56 Å². The Hall–Kier alpha value is -0.550. The summed E-state index contributed by atoms with van der Waals surface area (Å²) in [4.78, 5) is 0. The number of aliphatic hydroxyl groups is 1. The van der Waals surface area contributed by atoms with Crippen LogP contribution in [0.4, 0.5) is 13.2 Å². The summed E-state index contributed by atoms with van der Waals surface area (Å²) < 4.78 is 35.8. The van der Waals surface area contributed by atoms with Gasteiger partial charge >= 0.3 is 6.18 Å². The van der Waals surface area contributed by atoms with E-state index >= 15 is 0 Å². The van der Waals surface area contributed by atoms with E-state index in [1.54, 1.807) is 12.3 Å². The highest BCUT2D eigenvalue weighted by Crippen LogP contribution is 2.35. The number of rotatable bonds is 1. The standard InChI is InChI=1S/C7H7F3OS/c1-4-2-12-3-5(4)6(11)7(8,9)10/h2-3,6,11H,1H3. The number of aliphatic hydroxyl groups excluding tert-OH is 1. The second kappa shape index (κ2) is 3.06. The van der Waals surface area contributed by atoms with Gasteiger partial charge in [-0.05, 0) is 23.2 Å². The summed E-state index contributed by atoms with van der Waals surface area (Å²) in [6.07, 6.45) is -6.91. The van der Waals surface area contributed by atoms with Crippen LogP contribution in [0, 0.1) is 6.92 Å². The fourth-order valence-electron chi connectivity index (χ4n) is 0.827. The van der Waals surface area contributed by atoms with Crippen molar-refractivity contribution < 1.29 is 18.3 Å². The van der Waals surface area contributed by atoms with Crippen LogP contribution in [-0.4, -0.2) is 11.3 Å². The molecule has 0 amide bonds. The SMILES string of the molecule is Cc1cscc1C(O)C(F)(F)F. The molecule has 1 aromatic rings. The van der Waals surface area contributed by atoms with Crippen LogP contribution in [0.2, 0.25) is 0 Å². The first kappa shape index (κ1) is 9.54. The Morgan fingerprint density at radius 3 is 2.33 bits per heavy atom. The van der Waals surface area contributed by atoms with Crippen molar-refractivity contribution in [1.29, 1.82) is 0 Å². The van der Waals surface area contributed by atoms with E-state index in [1.807, 2.05) is 0 Å². The highest BCUT2D eigenvalue weighted by atomic mass is 32.1. The zero-order valence-electron chi connectivity index (χ0n) is 6.22. The molecule has 1 aromatic heterocycles. The lowest BCUT2D eigenvalue weighted by Gasteiger charge is -2.13. The Morgan fingerprint density at radius 1 is 1.42 bits per heavy atom. The van der Waals surface area contributed by atoms with Gasteiger partial charge in [0.15, 0.2) is 6.10 Å². The fourth-order valence-corrected chi connectivity index (χ4v) is 1.70. The molecule has 1 atom stereocenters. The first-order valence-electron chi connectivity index (χ1n) is 3.20. The molecule has 0 saturated heterocycles.